The molecule has 2 heterocycles. The fourth-order valence-electron chi connectivity index (χ4n) is 3.87. The molecule has 0 saturated carbocycles. The lowest BCUT2D eigenvalue weighted by atomic mass is 9.91. The zero-order valence-corrected chi connectivity index (χ0v) is 19.9. The summed E-state index contributed by atoms with van der Waals surface area (Å²) in [5.74, 6) is -0.998. The second-order valence-corrected chi connectivity index (χ2v) is 9.25. The summed E-state index contributed by atoms with van der Waals surface area (Å²) in [4.78, 5) is 28.9. The minimum absolute atomic E-state index is 0.0425. The van der Waals surface area contributed by atoms with Crippen LogP contribution < -0.4 is 10.9 Å². The number of hydrogen-bond donors (Lipinski definition) is 3. The molecule has 0 radical (unpaired) electrons. The first-order valence-corrected chi connectivity index (χ1v) is 11.0. The molecule has 4 rings (SSSR count). The summed E-state index contributed by atoms with van der Waals surface area (Å²) in [6, 6.07) is 10.1. The van der Waals surface area contributed by atoms with Crippen LogP contribution in [-0.4, -0.2) is 31.2 Å². The predicted molar refractivity (Wildman–Crippen MR) is 129 cm³/mol. The molecule has 0 bridgehead atoms. The van der Waals surface area contributed by atoms with Gasteiger partial charge >= 0.3 is 0 Å². The molecule has 0 fully saturated rings. The Morgan fingerprint density at radius 3 is 2.50 bits per heavy atom. The maximum Gasteiger partial charge on any atom is 0.274 e. The van der Waals surface area contributed by atoms with Crippen molar-refractivity contribution in [1.82, 2.24) is 19.9 Å². The molecule has 2 aromatic carbocycles. The van der Waals surface area contributed by atoms with E-state index >= 15 is 0 Å². The number of aliphatic hydroxyl groups is 1. The molecule has 34 heavy (non-hydrogen) atoms. The summed E-state index contributed by atoms with van der Waals surface area (Å²) >= 11 is 6.23. The Labute approximate surface area is 200 Å². The topological polar surface area (TPSA) is 99.5 Å². The van der Waals surface area contributed by atoms with Gasteiger partial charge in [0.25, 0.3) is 11.5 Å². The minimum Gasteiger partial charge on any atom is -0.388 e. The number of benzene rings is 2. The largest absolute Gasteiger partial charge is 0.388 e. The number of amides is 1. The van der Waals surface area contributed by atoms with Crippen LogP contribution in [0.25, 0.3) is 16.8 Å². The van der Waals surface area contributed by atoms with Crippen molar-refractivity contribution < 1.29 is 14.3 Å². The highest BCUT2D eigenvalue weighted by Crippen LogP contribution is 2.27. The van der Waals surface area contributed by atoms with Gasteiger partial charge in [0.2, 0.25) is 0 Å². The lowest BCUT2D eigenvalue weighted by molar-refractivity contribution is 0.0342. The lowest BCUT2D eigenvalue weighted by Gasteiger charge is -2.30. The molecule has 1 atom stereocenters. The molecule has 0 unspecified atom stereocenters. The number of hydrogen-bond acceptors (Lipinski definition) is 4. The summed E-state index contributed by atoms with van der Waals surface area (Å²) in [5, 5.41) is 18.3. The van der Waals surface area contributed by atoms with E-state index in [0.717, 1.165) is 5.56 Å². The van der Waals surface area contributed by atoms with Gasteiger partial charge in [-0.05, 0) is 57.0 Å². The number of fused-ring (bicyclic) bond motifs is 1. The van der Waals surface area contributed by atoms with Crippen LogP contribution in [0.2, 0.25) is 5.02 Å². The molecule has 0 aliphatic carbocycles. The number of H-pyrrole nitrogens is 1. The lowest BCUT2D eigenvalue weighted by Crippen LogP contribution is -2.42. The van der Waals surface area contributed by atoms with Crippen LogP contribution in [0.3, 0.4) is 0 Å². The average Bonchev–Trinajstić information content (AvgIpc) is 3.11. The molecule has 176 valence electrons. The SMILES string of the molecule is Cc1ccc(-c2cn3nc(C(=O)N[C@@H](c4ccc(F)cc4)C(C)(C)O)c(C)c3c(=O)[nH]2)cc1Cl. The fraction of sp³-hybridized carbons (Fsp3) is 0.240. The van der Waals surface area contributed by atoms with Gasteiger partial charge in [-0.15, -0.1) is 0 Å². The summed E-state index contributed by atoms with van der Waals surface area (Å²) < 4.78 is 14.7. The smallest absolute Gasteiger partial charge is 0.274 e. The molecule has 0 aliphatic rings. The Morgan fingerprint density at radius 2 is 1.88 bits per heavy atom. The van der Waals surface area contributed by atoms with Crippen LogP contribution in [0.1, 0.15) is 47.1 Å². The third kappa shape index (κ3) is 4.47. The number of carbonyl (C=O) groups is 1. The van der Waals surface area contributed by atoms with Gasteiger partial charge in [-0.1, -0.05) is 35.9 Å². The highest BCUT2D eigenvalue weighted by Gasteiger charge is 2.31. The van der Waals surface area contributed by atoms with Crippen LogP contribution >= 0.6 is 11.6 Å². The summed E-state index contributed by atoms with van der Waals surface area (Å²) in [6.07, 6.45) is 1.62. The van der Waals surface area contributed by atoms with E-state index in [-0.39, 0.29) is 11.2 Å². The predicted octanol–water partition coefficient (Wildman–Crippen LogP) is 4.34. The molecule has 0 saturated heterocycles. The molecular formula is C25H24ClFN4O3. The van der Waals surface area contributed by atoms with Crippen LogP contribution in [-0.2, 0) is 0 Å². The van der Waals surface area contributed by atoms with Crippen LogP contribution in [0.5, 0.6) is 0 Å². The number of aromatic nitrogens is 3. The summed E-state index contributed by atoms with van der Waals surface area (Å²) in [5.41, 5.74) is 1.54. The number of nitrogens with one attached hydrogen (secondary N) is 2. The van der Waals surface area contributed by atoms with Crippen molar-refractivity contribution in [2.45, 2.75) is 39.3 Å². The van der Waals surface area contributed by atoms with Crippen molar-refractivity contribution in [2.24, 2.45) is 0 Å². The zero-order chi connectivity index (χ0) is 24.8. The Bertz CT molecular complexity index is 1450. The molecule has 9 heteroatoms. The van der Waals surface area contributed by atoms with Crippen molar-refractivity contribution >= 4 is 23.0 Å². The minimum atomic E-state index is -1.35. The van der Waals surface area contributed by atoms with Crippen molar-refractivity contribution in [3.63, 3.8) is 0 Å². The van der Waals surface area contributed by atoms with Crippen molar-refractivity contribution in [3.8, 4) is 11.3 Å². The van der Waals surface area contributed by atoms with Crippen molar-refractivity contribution in [3.05, 3.63) is 92.2 Å². The van der Waals surface area contributed by atoms with Gasteiger partial charge in [0.1, 0.15) is 11.3 Å². The van der Waals surface area contributed by atoms with E-state index in [1.54, 1.807) is 33.0 Å². The normalized spacial score (nSPS) is 12.7. The number of rotatable bonds is 5. The fourth-order valence-corrected chi connectivity index (χ4v) is 4.05. The monoisotopic (exact) mass is 482 g/mol. The van der Waals surface area contributed by atoms with Gasteiger partial charge in [-0.3, -0.25) is 9.59 Å². The Hall–Kier alpha value is -3.49. The van der Waals surface area contributed by atoms with E-state index in [1.807, 2.05) is 19.1 Å². The second kappa shape index (κ2) is 8.70. The number of nitrogens with zero attached hydrogens (tertiary/aromatic N) is 2. The third-order valence-electron chi connectivity index (χ3n) is 5.75. The number of aryl methyl sites for hydroxylation is 2. The highest BCUT2D eigenvalue weighted by atomic mass is 35.5. The number of carbonyl (C=O) groups excluding carboxylic acids is 1. The van der Waals surface area contributed by atoms with Crippen LogP contribution in [0.4, 0.5) is 4.39 Å². The maximum atomic E-state index is 13.4. The summed E-state index contributed by atoms with van der Waals surface area (Å²) in [6.45, 7) is 6.60. The van der Waals surface area contributed by atoms with E-state index in [9.17, 15) is 19.1 Å². The molecule has 1 amide bonds. The van der Waals surface area contributed by atoms with E-state index in [2.05, 4.69) is 15.4 Å². The Balaban J connectivity index is 1.73. The van der Waals surface area contributed by atoms with E-state index in [0.29, 0.717) is 27.4 Å². The van der Waals surface area contributed by atoms with Gasteiger partial charge in [0.05, 0.1) is 23.5 Å². The first-order valence-electron chi connectivity index (χ1n) is 10.6. The Kier molecular flexibility index (Phi) is 6.05. The first-order chi connectivity index (χ1) is 16.0. The molecule has 0 spiro atoms. The summed E-state index contributed by atoms with van der Waals surface area (Å²) in [7, 11) is 0. The molecule has 0 aliphatic heterocycles. The van der Waals surface area contributed by atoms with Gasteiger partial charge in [0, 0.05) is 16.1 Å². The standard InChI is InChI=1S/C25H24ClFN4O3/c1-13-5-6-16(11-18(13)26)19-12-31-21(24(33)28-19)14(2)20(30-31)23(32)29-22(25(3,4)34)15-7-9-17(27)10-8-15/h5-12,22,34H,1-4H3,(H,28,33)(H,29,32)/t22-/m0/s1. The zero-order valence-electron chi connectivity index (χ0n) is 19.1. The van der Waals surface area contributed by atoms with Crippen LogP contribution in [0, 0.1) is 19.7 Å². The Morgan fingerprint density at radius 1 is 1.21 bits per heavy atom. The van der Waals surface area contributed by atoms with Gasteiger partial charge in [0.15, 0.2) is 5.69 Å². The van der Waals surface area contributed by atoms with Crippen molar-refractivity contribution in [1.29, 1.82) is 0 Å². The highest BCUT2D eigenvalue weighted by molar-refractivity contribution is 6.31. The molecule has 4 aromatic rings. The average molecular weight is 483 g/mol. The first kappa shape index (κ1) is 23.7. The van der Waals surface area contributed by atoms with Gasteiger partial charge in [-0.2, -0.15) is 5.10 Å². The van der Waals surface area contributed by atoms with E-state index in [1.165, 1.54) is 28.8 Å². The van der Waals surface area contributed by atoms with E-state index in [4.69, 9.17) is 11.6 Å². The molecular weight excluding hydrogens is 459 g/mol. The molecule has 2 aromatic heterocycles. The van der Waals surface area contributed by atoms with Crippen LogP contribution in [0.15, 0.2) is 53.5 Å². The van der Waals surface area contributed by atoms with Crippen molar-refractivity contribution in [2.75, 3.05) is 0 Å². The second-order valence-electron chi connectivity index (χ2n) is 8.84. The quantitative estimate of drug-likeness (QED) is 0.394. The van der Waals surface area contributed by atoms with Gasteiger partial charge in [-0.25, -0.2) is 8.91 Å². The molecule has 7 nitrogen and oxygen atoms in total. The molecule has 3 N–H and O–H groups in total. The van der Waals surface area contributed by atoms with E-state index < -0.39 is 28.9 Å². The van der Waals surface area contributed by atoms with Gasteiger partial charge < -0.3 is 15.4 Å². The maximum absolute atomic E-state index is 13.4. The third-order valence-corrected chi connectivity index (χ3v) is 6.15. The number of halogens is 2. The number of aromatic amines is 1.